The number of hydrogen-bond acceptors (Lipinski definition) is 7. The highest BCUT2D eigenvalue weighted by atomic mass is 16.6. The lowest BCUT2D eigenvalue weighted by molar-refractivity contribution is -0.150. The highest BCUT2D eigenvalue weighted by Gasteiger charge is 2.43. The number of primary amides is 1. The van der Waals surface area contributed by atoms with Gasteiger partial charge in [0.1, 0.15) is 24.2 Å². The van der Waals surface area contributed by atoms with Gasteiger partial charge in [0.25, 0.3) is 0 Å². The van der Waals surface area contributed by atoms with Crippen LogP contribution in [0.1, 0.15) is 70.7 Å². The van der Waals surface area contributed by atoms with Crippen molar-refractivity contribution in [3.05, 3.63) is 34.9 Å². The van der Waals surface area contributed by atoms with Crippen molar-refractivity contribution >= 4 is 29.8 Å². The van der Waals surface area contributed by atoms with Crippen molar-refractivity contribution < 1.29 is 33.4 Å². The standard InChI is InChI=1S/C26H40N4O7/c1-15-11-10-12-16(2)20(15)21(22(33)28-14-19(32)36-9)30(25(3,4)5)23(34)17(13-18(27)31)29-24(35)37-26(6,7)8/h10-12,17,21H,13-14H2,1-9H3,(H2,27,31)(H,28,33)(H,29,35). The van der Waals surface area contributed by atoms with Gasteiger partial charge in [-0.1, -0.05) is 18.2 Å². The monoisotopic (exact) mass is 520 g/mol. The molecule has 2 atom stereocenters. The first-order chi connectivity index (χ1) is 16.9. The smallest absolute Gasteiger partial charge is 0.408 e. The Bertz CT molecular complexity index is 1000. The van der Waals surface area contributed by atoms with Gasteiger partial charge in [0.2, 0.25) is 17.7 Å². The molecule has 0 bridgehead atoms. The number of methoxy groups -OCH3 is 1. The Labute approximate surface area is 218 Å². The fraction of sp³-hybridized carbons (Fsp3) is 0.577. The quantitative estimate of drug-likeness (QED) is 0.420. The minimum atomic E-state index is -1.41. The van der Waals surface area contributed by atoms with Gasteiger partial charge >= 0.3 is 12.1 Å². The molecule has 37 heavy (non-hydrogen) atoms. The normalized spacial score (nSPS) is 13.1. The number of amides is 4. The molecule has 0 aliphatic heterocycles. The third kappa shape index (κ3) is 9.40. The summed E-state index contributed by atoms with van der Waals surface area (Å²) in [6.07, 6.45) is -1.44. The molecule has 0 saturated heterocycles. The van der Waals surface area contributed by atoms with Crippen molar-refractivity contribution in [2.75, 3.05) is 13.7 Å². The Morgan fingerprint density at radius 2 is 1.54 bits per heavy atom. The number of carbonyl (C=O) groups is 5. The van der Waals surface area contributed by atoms with E-state index in [1.54, 1.807) is 67.5 Å². The van der Waals surface area contributed by atoms with E-state index in [0.717, 1.165) is 11.1 Å². The molecule has 4 amide bonds. The van der Waals surface area contributed by atoms with E-state index in [2.05, 4.69) is 15.4 Å². The van der Waals surface area contributed by atoms with Crippen molar-refractivity contribution in [2.24, 2.45) is 5.73 Å². The van der Waals surface area contributed by atoms with E-state index in [1.165, 1.54) is 12.0 Å². The first-order valence-corrected chi connectivity index (χ1v) is 11.9. The zero-order chi connectivity index (χ0) is 28.7. The SMILES string of the molecule is COC(=O)CNC(=O)C(c1c(C)cccc1C)N(C(=O)C(CC(N)=O)NC(=O)OC(C)(C)C)C(C)(C)C. The number of rotatable bonds is 9. The van der Waals surface area contributed by atoms with Crippen molar-refractivity contribution in [3.63, 3.8) is 0 Å². The van der Waals surface area contributed by atoms with Gasteiger partial charge in [-0.3, -0.25) is 19.2 Å². The third-order valence-corrected chi connectivity index (χ3v) is 5.31. The largest absolute Gasteiger partial charge is 0.468 e. The minimum Gasteiger partial charge on any atom is -0.468 e. The zero-order valence-corrected chi connectivity index (χ0v) is 23.2. The number of aryl methyl sites for hydroxylation is 2. The maximum Gasteiger partial charge on any atom is 0.408 e. The molecule has 1 rings (SSSR count). The molecule has 0 fully saturated rings. The van der Waals surface area contributed by atoms with Crippen molar-refractivity contribution in [1.29, 1.82) is 0 Å². The van der Waals surface area contributed by atoms with Crippen LogP contribution in [0.3, 0.4) is 0 Å². The summed E-state index contributed by atoms with van der Waals surface area (Å²) in [6, 6.07) is 2.80. The Morgan fingerprint density at radius 3 is 1.97 bits per heavy atom. The molecular weight excluding hydrogens is 480 g/mol. The predicted molar refractivity (Wildman–Crippen MR) is 137 cm³/mol. The van der Waals surface area contributed by atoms with Crippen LogP contribution < -0.4 is 16.4 Å². The number of alkyl carbamates (subject to hydrolysis) is 1. The summed E-state index contributed by atoms with van der Waals surface area (Å²) < 4.78 is 9.90. The van der Waals surface area contributed by atoms with Gasteiger partial charge in [0.15, 0.2) is 0 Å². The number of nitrogens with zero attached hydrogens (tertiary/aromatic N) is 1. The Hall–Kier alpha value is -3.63. The highest BCUT2D eigenvalue weighted by Crippen LogP contribution is 2.33. The van der Waals surface area contributed by atoms with Gasteiger partial charge in [0.05, 0.1) is 13.5 Å². The predicted octanol–water partition coefficient (Wildman–Crippen LogP) is 2.03. The highest BCUT2D eigenvalue weighted by molar-refractivity contribution is 5.96. The number of nitrogens with one attached hydrogen (secondary N) is 2. The summed E-state index contributed by atoms with van der Waals surface area (Å²) >= 11 is 0. The van der Waals surface area contributed by atoms with Crippen molar-refractivity contribution in [1.82, 2.24) is 15.5 Å². The van der Waals surface area contributed by atoms with Crippen LogP contribution in [0.25, 0.3) is 0 Å². The van der Waals surface area contributed by atoms with E-state index in [4.69, 9.17) is 10.5 Å². The van der Waals surface area contributed by atoms with E-state index in [0.29, 0.717) is 5.56 Å². The molecule has 0 aromatic heterocycles. The molecule has 11 heteroatoms. The molecule has 1 aromatic carbocycles. The van der Waals surface area contributed by atoms with Gasteiger partial charge in [-0.15, -0.1) is 0 Å². The second-order valence-corrected chi connectivity index (χ2v) is 10.8. The average Bonchev–Trinajstić information content (AvgIpc) is 2.73. The van der Waals surface area contributed by atoms with Gasteiger partial charge in [-0.25, -0.2) is 4.79 Å². The number of hydrogen-bond donors (Lipinski definition) is 3. The third-order valence-electron chi connectivity index (χ3n) is 5.31. The molecule has 206 valence electrons. The van der Waals surface area contributed by atoms with Gasteiger partial charge in [-0.05, 0) is 72.1 Å². The summed E-state index contributed by atoms with van der Waals surface area (Å²) in [7, 11) is 1.19. The van der Waals surface area contributed by atoms with Crippen molar-refractivity contribution in [3.8, 4) is 0 Å². The lowest BCUT2D eigenvalue weighted by Crippen LogP contribution is -2.59. The maximum absolute atomic E-state index is 14.0. The van der Waals surface area contributed by atoms with E-state index >= 15 is 0 Å². The lowest BCUT2D eigenvalue weighted by Gasteiger charge is -2.43. The summed E-state index contributed by atoms with van der Waals surface area (Å²) in [6.45, 7) is 13.3. The van der Waals surface area contributed by atoms with Gasteiger partial charge in [-0.2, -0.15) is 0 Å². The van der Waals surface area contributed by atoms with Crippen LogP contribution in [-0.4, -0.2) is 65.5 Å². The van der Waals surface area contributed by atoms with Crippen LogP contribution in [0.2, 0.25) is 0 Å². The Morgan fingerprint density at radius 1 is 1.00 bits per heavy atom. The molecule has 2 unspecified atom stereocenters. The molecule has 0 heterocycles. The van der Waals surface area contributed by atoms with Crippen LogP contribution in [0.5, 0.6) is 0 Å². The Kier molecular flexibility index (Phi) is 10.7. The molecule has 0 spiro atoms. The number of ether oxygens (including phenoxy) is 2. The number of nitrogens with two attached hydrogens (primary N) is 1. The molecule has 1 aromatic rings. The van der Waals surface area contributed by atoms with Crippen molar-refractivity contribution in [2.45, 2.75) is 85.0 Å². The summed E-state index contributed by atoms with van der Waals surface area (Å²) in [5.41, 5.74) is 5.56. The lowest BCUT2D eigenvalue weighted by atomic mass is 9.90. The molecule has 0 aliphatic rings. The van der Waals surface area contributed by atoms with E-state index in [-0.39, 0.29) is 0 Å². The number of benzene rings is 1. The fourth-order valence-electron chi connectivity index (χ4n) is 3.83. The minimum absolute atomic E-state index is 0.413. The van der Waals surface area contributed by atoms with Gasteiger partial charge in [0, 0.05) is 5.54 Å². The topological polar surface area (TPSA) is 157 Å². The van der Waals surface area contributed by atoms with Gasteiger partial charge < -0.3 is 30.7 Å². The van der Waals surface area contributed by atoms with E-state index in [9.17, 15) is 24.0 Å². The zero-order valence-electron chi connectivity index (χ0n) is 23.2. The Balaban J connectivity index is 3.67. The average molecular weight is 521 g/mol. The molecule has 0 saturated carbocycles. The van der Waals surface area contributed by atoms with Crippen LogP contribution in [0.4, 0.5) is 4.79 Å². The van der Waals surface area contributed by atoms with Crippen LogP contribution in [0, 0.1) is 13.8 Å². The summed E-state index contributed by atoms with van der Waals surface area (Å²) in [4.78, 5) is 65.1. The maximum atomic E-state index is 14.0. The fourth-order valence-corrected chi connectivity index (χ4v) is 3.83. The molecule has 11 nitrogen and oxygen atoms in total. The van der Waals surface area contributed by atoms with E-state index < -0.39 is 66.0 Å². The van der Waals surface area contributed by atoms with Crippen LogP contribution in [-0.2, 0) is 28.7 Å². The molecular formula is C26H40N4O7. The first kappa shape index (κ1) is 31.4. The van der Waals surface area contributed by atoms with E-state index in [1.807, 2.05) is 6.07 Å². The first-order valence-electron chi connectivity index (χ1n) is 11.9. The number of carbonyl (C=O) groups excluding carboxylic acids is 5. The number of esters is 1. The molecule has 0 radical (unpaired) electrons. The van der Waals surface area contributed by atoms with Crippen LogP contribution in [0.15, 0.2) is 18.2 Å². The second-order valence-electron chi connectivity index (χ2n) is 10.8. The molecule has 4 N–H and O–H groups in total. The summed E-state index contributed by atoms with van der Waals surface area (Å²) in [5.74, 6) is -2.86. The second kappa shape index (κ2) is 12.6. The summed E-state index contributed by atoms with van der Waals surface area (Å²) in [5, 5.41) is 4.97. The molecule has 0 aliphatic carbocycles. The van der Waals surface area contributed by atoms with Crippen LogP contribution >= 0.6 is 0 Å².